The van der Waals surface area contributed by atoms with Gasteiger partial charge in [0.1, 0.15) is 11.6 Å². The van der Waals surface area contributed by atoms with Crippen LogP contribution >= 0.6 is 0 Å². The Morgan fingerprint density at radius 1 is 0.952 bits per heavy atom. The summed E-state index contributed by atoms with van der Waals surface area (Å²) < 4.78 is 88.2. The van der Waals surface area contributed by atoms with Gasteiger partial charge in [-0.25, -0.2) is 8.78 Å². The topological polar surface area (TPSA) is 42.0 Å². The summed E-state index contributed by atoms with van der Waals surface area (Å²) in [5.74, 6) is -2.69. The van der Waals surface area contributed by atoms with Crippen molar-refractivity contribution < 1.29 is 40.6 Å². The van der Waals surface area contributed by atoms with Gasteiger partial charge in [0.05, 0.1) is 0 Å². The first kappa shape index (κ1) is 31.7. The third kappa shape index (κ3) is 8.89. The second kappa shape index (κ2) is 14.8. The smallest absolute Gasteiger partial charge is 0.387 e. The molecule has 1 aliphatic heterocycles. The molecule has 1 amide bonds. The third-order valence-corrected chi connectivity index (χ3v) is 7.86. The molecule has 1 saturated carbocycles. The number of nitrogens with zero attached hydrogens (tertiary/aromatic N) is 2. The van der Waals surface area contributed by atoms with Gasteiger partial charge in [-0.05, 0) is 75.4 Å². The molecule has 0 radical (unpaired) electrons. The van der Waals surface area contributed by atoms with Gasteiger partial charge in [0.2, 0.25) is 0 Å². The number of carbonyl (C=O) groups is 1. The lowest BCUT2D eigenvalue weighted by Crippen LogP contribution is -2.45. The van der Waals surface area contributed by atoms with Crippen LogP contribution in [0.4, 0.5) is 26.3 Å². The highest BCUT2D eigenvalue weighted by atomic mass is 19.3. The standard InChI is InChI=1S/C31H36F6N2O3/c1-20(14-22-9-11-24(32)16-26(22)33)17-39(19-25-8-5-13-38(25)18-21-6-3-2-4-7-21)29(40)23-10-12-27(41-30(34)35)28(15-23)42-31(36)37/h9-12,14-16,21,25,30-31H,2-8,13,17-19H2,1H3/b20-14+/t25-/m0/s1. The number of hydrogen-bond donors (Lipinski definition) is 0. The average Bonchev–Trinajstić information content (AvgIpc) is 3.36. The molecular weight excluding hydrogens is 562 g/mol. The molecule has 1 aliphatic carbocycles. The summed E-state index contributed by atoms with van der Waals surface area (Å²) in [5.41, 5.74) is 0.708. The van der Waals surface area contributed by atoms with Gasteiger partial charge in [0.15, 0.2) is 11.5 Å². The maximum absolute atomic E-state index is 14.3. The number of benzene rings is 2. The van der Waals surface area contributed by atoms with Crippen LogP contribution in [-0.4, -0.2) is 61.2 Å². The minimum absolute atomic E-state index is 0.0511. The maximum Gasteiger partial charge on any atom is 0.387 e. The van der Waals surface area contributed by atoms with E-state index in [1.807, 2.05) is 0 Å². The van der Waals surface area contributed by atoms with Gasteiger partial charge in [-0.2, -0.15) is 17.6 Å². The summed E-state index contributed by atoms with van der Waals surface area (Å²) in [6.45, 7) is -2.65. The average molecular weight is 599 g/mol. The highest BCUT2D eigenvalue weighted by Gasteiger charge is 2.31. The fourth-order valence-electron chi connectivity index (χ4n) is 5.95. The first-order valence-corrected chi connectivity index (χ1v) is 14.3. The van der Waals surface area contributed by atoms with Gasteiger partial charge in [-0.1, -0.05) is 30.9 Å². The van der Waals surface area contributed by atoms with E-state index in [0.717, 1.165) is 50.2 Å². The molecule has 230 valence electrons. The molecule has 11 heteroatoms. The SMILES string of the molecule is C/C(=C\c1ccc(F)cc1F)CN(C[C@@H]1CCCN1CC1CCCCC1)C(=O)c1ccc(OC(F)F)c(OC(F)F)c1. The highest BCUT2D eigenvalue weighted by molar-refractivity contribution is 5.95. The van der Waals surface area contributed by atoms with Crippen molar-refractivity contribution in [3.8, 4) is 11.5 Å². The first-order valence-electron chi connectivity index (χ1n) is 14.3. The zero-order valence-corrected chi connectivity index (χ0v) is 23.5. The van der Waals surface area contributed by atoms with Crippen molar-refractivity contribution in [2.75, 3.05) is 26.2 Å². The predicted octanol–water partition coefficient (Wildman–Crippen LogP) is 7.76. The lowest BCUT2D eigenvalue weighted by molar-refractivity contribution is -0.0692. The Hall–Kier alpha value is -3.21. The van der Waals surface area contributed by atoms with Crippen molar-refractivity contribution in [1.82, 2.24) is 9.80 Å². The van der Waals surface area contributed by atoms with Crippen molar-refractivity contribution in [3.05, 3.63) is 64.7 Å². The molecule has 0 spiro atoms. The normalized spacial score (nSPS) is 18.6. The molecule has 5 nitrogen and oxygen atoms in total. The van der Waals surface area contributed by atoms with Crippen LogP contribution in [0.1, 0.15) is 67.8 Å². The molecule has 1 saturated heterocycles. The van der Waals surface area contributed by atoms with E-state index in [-0.39, 0.29) is 23.7 Å². The molecular formula is C31H36F6N2O3. The Kier molecular flexibility index (Phi) is 11.2. The Morgan fingerprint density at radius 3 is 2.36 bits per heavy atom. The van der Waals surface area contributed by atoms with E-state index in [9.17, 15) is 31.1 Å². The van der Waals surface area contributed by atoms with Crippen molar-refractivity contribution in [2.45, 2.75) is 71.1 Å². The zero-order chi connectivity index (χ0) is 30.2. The summed E-state index contributed by atoms with van der Waals surface area (Å²) in [6.07, 6.45) is 9.40. The first-order chi connectivity index (χ1) is 20.1. The van der Waals surface area contributed by atoms with E-state index in [4.69, 9.17) is 0 Å². The zero-order valence-electron chi connectivity index (χ0n) is 23.5. The minimum Gasteiger partial charge on any atom is -0.431 e. The maximum atomic E-state index is 14.3. The number of ether oxygens (including phenoxy) is 2. The second-order valence-corrected chi connectivity index (χ2v) is 11.1. The molecule has 0 aromatic heterocycles. The third-order valence-electron chi connectivity index (χ3n) is 7.86. The number of hydrogen-bond acceptors (Lipinski definition) is 4. The molecule has 0 unspecified atom stereocenters. The van der Waals surface area contributed by atoms with Crippen LogP contribution in [0, 0.1) is 17.6 Å². The Morgan fingerprint density at radius 2 is 1.67 bits per heavy atom. The van der Waals surface area contributed by atoms with E-state index >= 15 is 0 Å². The Balaban J connectivity index is 1.60. The lowest BCUT2D eigenvalue weighted by atomic mass is 9.89. The molecule has 2 aromatic carbocycles. The van der Waals surface area contributed by atoms with Gasteiger partial charge < -0.3 is 14.4 Å². The second-order valence-electron chi connectivity index (χ2n) is 11.1. The van der Waals surface area contributed by atoms with Crippen LogP contribution in [-0.2, 0) is 0 Å². The minimum atomic E-state index is -3.32. The molecule has 1 heterocycles. The Bertz CT molecular complexity index is 1240. The van der Waals surface area contributed by atoms with Gasteiger partial charge in [0.25, 0.3) is 5.91 Å². The molecule has 1 atom stereocenters. The van der Waals surface area contributed by atoms with Crippen LogP contribution in [0.15, 0.2) is 42.0 Å². The Labute approximate surface area is 242 Å². The summed E-state index contributed by atoms with van der Waals surface area (Å²) >= 11 is 0. The molecule has 2 aromatic rings. The molecule has 0 bridgehead atoms. The largest absolute Gasteiger partial charge is 0.431 e. The monoisotopic (exact) mass is 598 g/mol. The van der Waals surface area contributed by atoms with E-state index < -0.39 is 42.3 Å². The molecule has 2 aliphatic rings. The van der Waals surface area contributed by atoms with Gasteiger partial charge in [-0.15, -0.1) is 0 Å². The summed E-state index contributed by atoms with van der Waals surface area (Å²) in [4.78, 5) is 17.8. The quantitative estimate of drug-likeness (QED) is 0.234. The van der Waals surface area contributed by atoms with E-state index in [0.29, 0.717) is 18.0 Å². The lowest BCUT2D eigenvalue weighted by Gasteiger charge is -2.34. The number of halogens is 6. The fraction of sp³-hybridized carbons (Fsp3) is 0.516. The molecule has 42 heavy (non-hydrogen) atoms. The van der Waals surface area contributed by atoms with E-state index in [2.05, 4.69) is 14.4 Å². The van der Waals surface area contributed by atoms with Crippen LogP contribution in [0.5, 0.6) is 11.5 Å². The van der Waals surface area contributed by atoms with Gasteiger partial charge >= 0.3 is 13.2 Å². The van der Waals surface area contributed by atoms with E-state index in [1.165, 1.54) is 50.3 Å². The molecule has 2 fully saturated rings. The molecule has 4 rings (SSSR count). The van der Waals surface area contributed by atoms with Gasteiger partial charge in [0, 0.05) is 42.9 Å². The van der Waals surface area contributed by atoms with Crippen molar-refractivity contribution in [2.24, 2.45) is 5.92 Å². The van der Waals surface area contributed by atoms with Crippen LogP contribution < -0.4 is 9.47 Å². The van der Waals surface area contributed by atoms with Crippen molar-refractivity contribution >= 4 is 12.0 Å². The van der Waals surface area contributed by atoms with Gasteiger partial charge in [-0.3, -0.25) is 9.69 Å². The summed E-state index contributed by atoms with van der Waals surface area (Å²) in [6, 6.07) is 6.46. The predicted molar refractivity (Wildman–Crippen MR) is 147 cm³/mol. The van der Waals surface area contributed by atoms with Crippen LogP contribution in [0.25, 0.3) is 6.08 Å². The molecule has 0 N–H and O–H groups in total. The summed E-state index contributed by atoms with van der Waals surface area (Å²) in [7, 11) is 0. The number of amides is 1. The van der Waals surface area contributed by atoms with Crippen molar-refractivity contribution in [3.63, 3.8) is 0 Å². The number of carbonyl (C=O) groups excluding carboxylic acids is 1. The number of alkyl halides is 4. The van der Waals surface area contributed by atoms with Crippen LogP contribution in [0.2, 0.25) is 0 Å². The fourth-order valence-corrected chi connectivity index (χ4v) is 5.95. The van der Waals surface area contributed by atoms with Crippen molar-refractivity contribution in [1.29, 1.82) is 0 Å². The summed E-state index contributed by atoms with van der Waals surface area (Å²) in [5, 5.41) is 0. The number of rotatable bonds is 12. The number of likely N-dealkylation sites (tertiary alicyclic amines) is 1. The van der Waals surface area contributed by atoms with Crippen LogP contribution in [0.3, 0.4) is 0 Å². The highest BCUT2D eigenvalue weighted by Crippen LogP contribution is 2.33. The van der Waals surface area contributed by atoms with E-state index in [1.54, 1.807) is 11.8 Å².